The highest BCUT2D eigenvalue weighted by atomic mass is 79.9. The van der Waals surface area contributed by atoms with Gasteiger partial charge in [-0.05, 0) is 35.1 Å². The van der Waals surface area contributed by atoms with E-state index in [2.05, 4.69) is 52.1 Å². The molecule has 100 valence electrons. The first-order chi connectivity index (χ1) is 9.68. The molecule has 3 heteroatoms. The van der Waals surface area contributed by atoms with E-state index >= 15 is 0 Å². The molecule has 3 rings (SSSR count). The van der Waals surface area contributed by atoms with Crippen LogP contribution in [0.15, 0.2) is 59.3 Å². The predicted molar refractivity (Wildman–Crippen MR) is 86.7 cm³/mol. The number of nitrogens with zero attached hydrogens (tertiary/aromatic N) is 1. The van der Waals surface area contributed by atoms with Gasteiger partial charge in [0.25, 0.3) is 0 Å². The summed E-state index contributed by atoms with van der Waals surface area (Å²) in [6, 6.07) is 14.2. The van der Waals surface area contributed by atoms with Gasteiger partial charge in [0.2, 0.25) is 0 Å². The molecule has 0 saturated heterocycles. The fraction of sp³-hybridized carbons (Fsp3) is 0.118. The minimum atomic E-state index is -0.169. The molecule has 0 spiro atoms. The van der Waals surface area contributed by atoms with Crippen molar-refractivity contribution in [2.45, 2.75) is 13.0 Å². The Morgan fingerprint density at radius 2 is 1.80 bits per heavy atom. The van der Waals surface area contributed by atoms with Gasteiger partial charge in [-0.3, -0.25) is 4.98 Å². The molecular formula is C17H15BrN2. The zero-order chi connectivity index (χ0) is 14.1. The molecule has 0 saturated carbocycles. The summed E-state index contributed by atoms with van der Waals surface area (Å²) in [5.74, 6) is 0. The van der Waals surface area contributed by atoms with Gasteiger partial charge in [-0.15, -0.1) is 0 Å². The lowest BCUT2D eigenvalue weighted by molar-refractivity contribution is 0.872. The van der Waals surface area contributed by atoms with Gasteiger partial charge < -0.3 is 5.73 Å². The minimum Gasteiger partial charge on any atom is -0.320 e. The summed E-state index contributed by atoms with van der Waals surface area (Å²) in [5, 5.41) is 2.27. The van der Waals surface area contributed by atoms with Crippen molar-refractivity contribution in [2.24, 2.45) is 5.73 Å². The van der Waals surface area contributed by atoms with Gasteiger partial charge in [0.15, 0.2) is 0 Å². The van der Waals surface area contributed by atoms with Crippen LogP contribution in [0.4, 0.5) is 0 Å². The Bertz CT molecular complexity index is 763. The van der Waals surface area contributed by atoms with Crippen molar-refractivity contribution < 1.29 is 0 Å². The van der Waals surface area contributed by atoms with Gasteiger partial charge in [0.1, 0.15) is 0 Å². The average molecular weight is 327 g/mol. The molecule has 1 heterocycles. The van der Waals surface area contributed by atoms with Crippen molar-refractivity contribution in [3.8, 4) is 0 Å². The number of hydrogen-bond acceptors (Lipinski definition) is 2. The highest BCUT2D eigenvalue weighted by molar-refractivity contribution is 9.10. The predicted octanol–water partition coefficient (Wildman–Crippen LogP) is 4.35. The van der Waals surface area contributed by atoms with Gasteiger partial charge in [0.05, 0.1) is 6.04 Å². The number of rotatable bonds is 2. The Labute approximate surface area is 126 Å². The lowest BCUT2D eigenvalue weighted by Crippen LogP contribution is -2.13. The number of pyridine rings is 1. The molecule has 20 heavy (non-hydrogen) atoms. The Balaban J connectivity index is 2.18. The highest BCUT2D eigenvalue weighted by Crippen LogP contribution is 2.32. The normalized spacial score (nSPS) is 12.6. The molecule has 1 atom stereocenters. The zero-order valence-corrected chi connectivity index (χ0v) is 12.8. The number of benzene rings is 2. The molecule has 0 aliphatic heterocycles. The molecule has 2 nitrogen and oxygen atoms in total. The fourth-order valence-corrected chi connectivity index (χ4v) is 3.00. The van der Waals surface area contributed by atoms with Gasteiger partial charge in [-0.2, -0.15) is 0 Å². The van der Waals surface area contributed by atoms with Crippen LogP contribution in [-0.2, 0) is 0 Å². The lowest BCUT2D eigenvalue weighted by atomic mass is 9.94. The van der Waals surface area contributed by atoms with E-state index in [1.54, 1.807) is 6.20 Å². The van der Waals surface area contributed by atoms with E-state index in [0.717, 1.165) is 26.4 Å². The number of halogens is 1. The summed E-state index contributed by atoms with van der Waals surface area (Å²) in [7, 11) is 0. The van der Waals surface area contributed by atoms with Crippen molar-refractivity contribution in [2.75, 3.05) is 0 Å². The molecule has 2 N–H and O–H groups in total. The van der Waals surface area contributed by atoms with Gasteiger partial charge >= 0.3 is 0 Å². The van der Waals surface area contributed by atoms with Crippen LogP contribution in [0.5, 0.6) is 0 Å². The van der Waals surface area contributed by atoms with E-state index in [4.69, 9.17) is 5.73 Å². The largest absolute Gasteiger partial charge is 0.320 e. The minimum absolute atomic E-state index is 0.169. The van der Waals surface area contributed by atoms with Gasteiger partial charge in [-0.25, -0.2) is 0 Å². The monoisotopic (exact) mass is 326 g/mol. The van der Waals surface area contributed by atoms with Crippen molar-refractivity contribution in [3.05, 3.63) is 76.0 Å². The summed E-state index contributed by atoms with van der Waals surface area (Å²) in [5.41, 5.74) is 9.88. The number of fused-ring (bicyclic) bond motifs is 1. The van der Waals surface area contributed by atoms with Crippen LogP contribution in [0.1, 0.15) is 22.7 Å². The van der Waals surface area contributed by atoms with E-state index < -0.39 is 0 Å². The Morgan fingerprint density at radius 3 is 2.65 bits per heavy atom. The highest BCUT2D eigenvalue weighted by Gasteiger charge is 2.15. The summed E-state index contributed by atoms with van der Waals surface area (Å²) >= 11 is 3.65. The lowest BCUT2D eigenvalue weighted by Gasteiger charge is -2.17. The molecular weight excluding hydrogens is 312 g/mol. The van der Waals surface area contributed by atoms with E-state index in [-0.39, 0.29) is 6.04 Å². The zero-order valence-electron chi connectivity index (χ0n) is 11.2. The second kappa shape index (κ2) is 5.35. The summed E-state index contributed by atoms with van der Waals surface area (Å²) in [6.45, 7) is 2.07. The van der Waals surface area contributed by atoms with Gasteiger partial charge in [0, 0.05) is 22.3 Å². The van der Waals surface area contributed by atoms with Crippen LogP contribution >= 0.6 is 15.9 Å². The quantitative estimate of drug-likeness (QED) is 0.760. The third kappa shape index (κ3) is 2.23. The fourth-order valence-electron chi connectivity index (χ4n) is 2.49. The third-order valence-corrected chi connectivity index (χ3v) is 4.69. The molecule has 0 aliphatic rings. The molecule has 0 radical (unpaired) electrons. The first kappa shape index (κ1) is 13.3. The maximum atomic E-state index is 6.49. The Kier molecular flexibility index (Phi) is 3.55. The van der Waals surface area contributed by atoms with E-state index in [1.807, 2.05) is 24.4 Å². The standard InChI is InChI=1S/C17H15BrN2/c1-11-4-2-7-14(16(11)18)17(19)13-6-3-5-12-8-9-20-10-15(12)13/h2-10,17H,19H2,1H3. The van der Waals surface area contributed by atoms with Crippen molar-refractivity contribution in [1.29, 1.82) is 0 Å². The topological polar surface area (TPSA) is 38.9 Å². The third-order valence-electron chi connectivity index (χ3n) is 3.61. The van der Waals surface area contributed by atoms with Crippen LogP contribution in [-0.4, -0.2) is 4.98 Å². The molecule has 1 aromatic heterocycles. The first-order valence-corrected chi connectivity index (χ1v) is 7.31. The van der Waals surface area contributed by atoms with Gasteiger partial charge in [-0.1, -0.05) is 52.3 Å². The smallest absolute Gasteiger partial charge is 0.0569 e. The molecule has 0 fully saturated rings. The number of aryl methyl sites for hydroxylation is 1. The molecule has 0 bridgehead atoms. The number of hydrogen-bond donors (Lipinski definition) is 1. The maximum Gasteiger partial charge on any atom is 0.0569 e. The second-order valence-corrected chi connectivity index (χ2v) is 5.69. The molecule has 0 amide bonds. The van der Waals surface area contributed by atoms with Crippen molar-refractivity contribution in [3.63, 3.8) is 0 Å². The number of aromatic nitrogens is 1. The molecule has 1 unspecified atom stereocenters. The van der Waals surface area contributed by atoms with Crippen LogP contribution < -0.4 is 5.73 Å². The maximum absolute atomic E-state index is 6.49. The summed E-state index contributed by atoms with van der Waals surface area (Å²) < 4.78 is 1.08. The van der Waals surface area contributed by atoms with Crippen molar-refractivity contribution >= 4 is 26.7 Å². The first-order valence-electron chi connectivity index (χ1n) is 6.51. The molecule has 3 aromatic rings. The van der Waals surface area contributed by atoms with Crippen LogP contribution in [0.2, 0.25) is 0 Å². The SMILES string of the molecule is Cc1cccc(C(N)c2cccc3ccncc23)c1Br. The Morgan fingerprint density at radius 1 is 1.05 bits per heavy atom. The molecule has 0 aliphatic carbocycles. The Hall–Kier alpha value is -1.71. The summed E-state index contributed by atoms with van der Waals surface area (Å²) in [6.07, 6.45) is 3.69. The van der Waals surface area contributed by atoms with Crippen LogP contribution in [0.25, 0.3) is 10.8 Å². The average Bonchev–Trinajstić information content (AvgIpc) is 2.49. The van der Waals surface area contributed by atoms with E-state index in [0.29, 0.717) is 0 Å². The second-order valence-electron chi connectivity index (χ2n) is 4.90. The van der Waals surface area contributed by atoms with E-state index in [1.165, 1.54) is 5.56 Å². The number of nitrogens with two attached hydrogens (primary N) is 1. The summed E-state index contributed by atoms with van der Waals surface area (Å²) in [4.78, 5) is 4.22. The van der Waals surface area contributed by atoms with Crippen LogP contribution in [0, 0.1) is 6.92 Å². The van der Waals surface area contributed by atoms with Crippen LogP contribution in [0.3, 0.4) is 0 Å². The van der Waals surface area contributed by atoms with Crippen molar-refractivity contribution in [1.82, 2.24) is 4.98 Å². The molecule has 2 aromatic carbocycles. The van der Waals surface area contributed by atoms with E-state index in [9.17, 15) is 0 Å².